The second kappa shape index (κ2) is 5.21. The standard InChI is InChI=1S/C15H21NO3/c1-15(2,14(17)18)16(3)8-6-11-4-5-13-12(10-11)7-9-19-13/h4-5,10H,6-9H2,1-3H3,(H,17,18). The second-order valence-electron chi connectivity index (χ2n) is 5.58. The van der Waals surface area contributed by atoms with Gasteiger partial charge in [-0.2, -0.15) is 0 Å². The molecule has 0 fully saturated rings. The summed E-state index contributed by atoms with van der Waals surface area (Å²) in [6.07, 6.45) is 1.82. The van der Waals surface area contributed by atoms with E-state index in [-0.39, 0.29) is 0 Å². The summed E-state index contributed by atoms with van der Waals surface area (Å²) >= 11 is 0. The minimum absolute atomic E-state index is 0.721. The molecule has 0 bridgehead atoms. The van der Waals surface area contributed by atoms with Crippen LogP contribution in [-0.2, 0) is 17.6 Å². The van der Waals surface area contributed by atoms with Gasteiger partial charge >= 0.3 is 5.97 Å². The van der Waals surface area contributed by atoms with Crippen molar-refractivity contribution in [3.8, 4) is 5.75 Å². The number of nitrogens with zero attached hydrogens (tertiary/aromatic N) is 1. The number of rotatable bonds is 5. The van der Waals surface area contributed by atoms with Gasteiger partial charge in [-0.15, -0.1) is 0 Å². The topological polar surface area (TPSA) is 49.8 Å². The number of benzene rings is 1. The number of fused-ring (bicyclic) bond motifs is 1. The Hall–Kier alpha value is -1.55. The minimum Gasteiger partial charge on any atom is -0.493 e. The van der Waals surface area contributed by atoms with Gasteiger partial charge in [0.1, 0.15) is 11.3 Å². The summed E-state index contributed by atoms with van der Waals surface area (Å²) in [6.45, 7) is 4.95. The molecule has 0 spiro atoms. The molecule has 0 unspecified atom stereocenters. The molecule has 4 heteroatoms. The summed E-state index contributed by atoms with van der Waals surface area (Å²) in [5.41, 5.74) is 1.66. The van der Waals surface area contributed by atoms with Gasteiger partial charge in [-0.3, -0.25) is 9.69 Å². The Morgan fingerprint density at radius 3 is 2.89 bits per heavy atom. The van der Waals surface area contributed by atoms with E-state index in [1.165, 1.54) is 11.1 Å². The first kappa shape index (κ1) is 13.9. The maximum Gasteiger partial charge on any atom is 0.323 e. The number of carbonyl (C=O) groups is 1. The van der Waals surface area contributed by atoms with Crippen LogP contribution < -0.4 is 4.74 Å². The van der Waals surface area contributed by atoms with Gasteiger partial charge in [-0.05, 0) is 44.5 Å². The van der Waals surface area contributed by atoms with E-state index in [1.54, 1.807) is 13.8 Å². The zero-order chi connectivity index (χ0) is 14.0. The second-order valence-corrected chi connectivity index (χ2v) is 5.58. The molecule has 0 radical (unpaired) electrons. The Bertz CT molecular complexity index is 482. The molecule has 2 rings (SSSR count). The van der Waals surface area contributed by atoms with E-state index in [4.69, 9.17) is 4.74 Å². The van der Waals surface area contributed by atoms with E-state index in [0.717, 1.165) is 31.7 Å². The van der Waals surface area contributed by atoms with Crippen molar-refractivity contribution in [2.75, 3.05) is 20.2 Å². The number of carboxylic acids is 1. The Morgan fingerprint density at radius 1 is 1.47 bits per heavy atom. The molecule has 4 nitrogen and oxygen atoms in total. The molecule has 0 aliphatic carbocycles. The third-order valence-electron chi connectivity index (χ3n) is 3.97. The van der Waals surface area contributed by atoms with E-state index in [1.807, 2.05) is 18.0 Å². The number of likely N-dealkylation sites (N-methyl/N-ethyl adjacent to an activating group) is 1. The van der Waals surface area contributed by atoms with E-state index < -0.39 is 11.5 Å². The van der Waals surface area contributed by atoms with Crippen molar-refractivity contribution in [1.29, 1.82) is 0 Å². The van der Waals surface area contributed by atoms with Gasteiger partial charge in [0, 0.05) is 13.0 Å². The van der Waals surface area contributed by atoms with Gasteiger partial charge in [-0.1, -0.05) is 12.1 Å². The molecule has 0 aromatic heterocycles. The lowest BCUT2D eigenvalue weighted by atomic mass is 10.0. The molecular formula is C15H21NO3. The van der Waals surface area contributed by atoms with Crippen molar-refractivity contribution in [2.45, 2.75) is 32.2 Å². The highest BCUT2D eigenvalue weighted by atomic mass is 16.5. The van der Waals surface area contributed by atoms with Crippen molar-refractivity contribution in [3.05, 3.63) is 29.3 Å². The lowest BCUT2D eigenvalue weighted by molar-refractivity contribution is -0.148. The molecule has 1 aromatic rings. The molecule has 104 valence electrons. The van der Waals surface area contributed by atoms with Gasteiger partial charge < -0.3 is 9.84 Å². The summed E-state index contributed by atoms with van der Waals surface area (Å²) in [6, 6.07) is 6.25. The van der Waals surface area contributed by atoms with E-state index in [0.29, 0.717) is 0 Å². The van der Waals surface area contributed by atoms with Crippen LogP contribution in [0, 0.1) is 0 Å². The fourth-order valence-electron chi connectivity index (χ4n) is 2.14. The molecular weight excluding hydrogens is 242 g/mol. The van der Waals surface area contributed by atoms with Crippen molar-refractivity contribution in [2.24, 2.45) is 0 Å². The monoisotopic (exact) mass is 263 g/mol. The molecule has 0 saturated carbocycles. The highest BCUT2D eigenvalue weighted by Gasteiger charge is 2.31. The largest absolute Gasteiger partial charge is 0.493 e. The van der Waals surface area contributed by atoms with Gasteiger partial charge in [0.05, 0.1) is 6.61 Å². The number of hydrogen-bond acceptors (Lipinski definition) is 3. The van der Waals surface area contributed by atoms with Crippen molar-refractivity contribution in [3.63, 3.8) is 0 Å². The van der Waals surface area contributed by atoms with Gasteiger partial charge in [0.25, 0.3) is 0 Å². The average Bonchev–Trinajstić information content (AvgIpc) is 2.82. The third-order valence-corrected chi connectivity index (χ3v) is 3.97. The maximum absolute atomic E-state index is 11.2. The molecule has 19 heavy (non-hydrogen) atoms. The van der Waals surface area contributed by atoms with Crippen molar-refractivity contribution < 1.29 is 14.6 Å². The minimum atomic E-state index is -0.833. The molecule has 0 atom stereocenters. The summed E-state index contributed by atoms with van der Waals surface area (Å²) in [7, 11) is 1.85. The van der Waals surface area contributed by atoms with Crippen molar-refractivity contribution in [1.82, 2.24) is 4.90 Å². The molecule has 1 N–H and O–H groups in total. The van der Waals surface area contributed by atoms with Gasteiger partial charge in [0.15, 0.2) is 0 Å². The Morgan fingerprint density at radius 2 is 2.21 bits per heavy atom. The summed E-state index contributed by atoms with van der Waals surface area (Å²) in [5.74, 6) is 0.195. The Balaban J connectivity index is 1.97. The lowest BCUT2D eigenvalue weighted by Crippen LogP contribution is -2.48. The molecule has 1 aromatic carbocycles. The number of hydrogen-bond donors (Lipinski definition) is 1. The van der Waals surface area contributed by atoms with Crippen LogP contribution in [0.25, 0.3) is 0 Å². The number of aliphatic carboxylic acids is 1. The van der Waals surface area contributed by atoms with Gasteiger partial charge in [-0.25, -0.2) is 0 Å². The van der Waals surface area contributed by atoms with E-state index in [2.05, 4.69) is 12.1 Å². The van der Waals surface area contributed by atoms with Crippen LogP contribution in [0.2, 0.25) is 0 Å². The van der Waals surface area contributed by atoms with Crippen LogP contribution in [0.4, 0.5) is 0 Å². The maximum atomic E-state index is 11.2. The Kier molecular flexibility index (Phi) is 3.80. The van der Waals surface area contributed by atoms with Crippen LogP contribution in [0.1, 0.15) is 25.0 Å². The van der Waals surface area contributed by atoms with E-state index >= 15 is 0 Å². The predicted molar refractivity (Wildman–Crippen MR) is 73.7 cm³/mol. The van der Waals surface area contributed by atoms with Crippen LogP contribution in [-0.4, -0.2) is 41.7 Å². The molecule has 0 saturated heterocycles. The normalized spacial score (nSPS) is 14.3. The molecule has 1 aliphatic heterocycles. The SMILES string of the molecule is CN(CCc1ccc2c(c1)CCO2)C(C)(C)C(=O)O. The summed E-state index contributed by atoms with van der Waals surface area (Å²) < 4.78 is 5.48. The van der Waals surface area contributed by atoms with Crippen LogP contribution in [0.15, 0.2) is 18.2 Å². The van der Waals surface area contributed by atoms with E-state index in [9.17, 15) is 9.90 Å². The highest BCUT2D eigenvalue weighted by Crippen LogP contribution is 2.26. The third kappa shape index (κ3) is 2.89. The predicted octanol–water partition coefficient (Wildman–Crippen LogP) is 1.96. The van der Waals surface area contributed by atoms with Gasteiger partial charge in [0.2, 0.25) is 0 Å². The van der Waals surface area contributed by atoms with Crippen LogP contribution in [0.3, 0.4) is 0 Å². The quantitative estimate of drug-likeness (QED) is 0.882. The van der Waals surface area contributed by atoms with Crippen molar-refractivity contribution >= 4 is 5.97 Å². The Labute approximate surface area is 114 Å². The lowest BCUT2D eigenvalue weighted by Gasteiger charge is -2.31. The zero-order valence-electron chi connectivity index (χ0n) is 11.8. The van der Waals surface area contributed by atoms with Crippen LogP contribution in [0.5, 0.6) is 5.75 Å². The first-order chi connectivity index (χ1) is 8.91. The molecule has 1 heterocycles. The zero-order valence-corrected chi connectivity index (χ0v) is 11.8. The fraction of sp³-hybridized carbons (Fsp3) is 0.533. The number of ether oxygens (including phenoxy) is 1. The summed E-state index contributed by atoms with van der Waals surface area (Å²) in [5, 5.41) is 9.18. The first-order valence-electron chi connectivity index (χ1n) is 6.60. The summed E-state index contributed by atoms with van der Waals surface area (Å²) in [4.78, 5) is 13.0. The number of carboxylic acid groups (broad SMARTS) is 1. The average molecular weight is 263 g/mol. The first-order valence-corrected chi connectivity index (χ1v) is 6.60. The molecule has 0 amide bonds. The highest BCUT2D eigenvalue weighted by molar-refractivity contribution is 5.77. The van der Waals surface area contributed by atoms with Crippen LogP contribution >= 0.6 is 0 Å². The fourth-order valence-corrected chi connectivity index (χ4v) is 2.14. The smallest absolute Gasteiger partial charge is 0.323 e. The molecule has 1 aliphatic rings.